The summed E-state index contributed by atoms with van der Waals surface area (Å²) in [7, 11) is 0. The van der Waals surface area contributed by atoms with E-state index in [1.807, 2.05) is 6.92 Å². The molecule has 0 spiro atoms. The molecule has 2 fully saturated rings. The minimum atomic E-state index is -0.835. The van der Waals surface area contributed by atoms with E-state index in [1.54, 1.807) is 4.90 Å². The van der Waals surface area contributed by atoms with Gasteiger partial charge in [-0.25, -0.2) is 4.79 Å². The summed E-state index contributed by atoms with van der Waals surface area (Å²) in [6.45, 7) is 8.07. The molecule has 2 heterocycles. The second kappa shape index (κ2) is 3.37. The minimum absolute atomic E-state index is 0.0181. The maximum Gasteiger partial charge on any atom is 0.408 e. The Morgan fingerprint density at radius 3 is 2.47 bits per heavy atom. The Balaban J connectivity index is 2.47. The molecule has 1 unspecified atom stereocenters. The molecule has 0 aromatic heterocycles. The van der Waals surface area contributed by atoms with Crippen LogP contribution in [0, 0.1) is 5.41 Å². The normalized spacial score (nSPS) is 41.7. The Bertz CT molecular complexity index is 345. The van der Waals surface area contributed by atoms with Crippen LogP contribution in [-0.4, -0.2) is 38.4 Å². The van der Waals surface area contributed by atoms with E-state index < -0.39 is 17.2 Å². The lowest BCUT2D eigenvalue weighted by Gasteiger charge is -2.55. The van der Waals surface area contributed by atoms with E-state index in [4.69, 9.17) is 0 Å². The summed E-state index contributed by atoms with van der Waals surface area (Å²) in [6.07, 6.45) is 2.02. The fourth-order valence-electron chi connectivity index (χ4n) is 3.92. The average Bonchev–Trinajstić information content (AvgIpc) is 2.35. The molecule has 2 rings (SSSR count). The van der Waals surface area contributed by atoms with Crippen molar-refractivity contribution in [3.63, 3.8) is 0 Å². The number of amides is 1. The number of nitrogens with zero attached hydrogens (tertiary/aromatic N) is 1. The summed E-state index contributed by atoms with van der Waals surface area (Å²) in [4.78, 5) is 13.2. The van der Waals surface area contributed by atoms with Gasteiger partial charge in [0.05, 0.1) is 11.1 Å². The molecule has 2 aliphatic rings. The monoisotopic (exact) mass is 241 g/mol. The number of aliphatic hydroxyl groups is 1. The molecule has 2 bridgehead atoms. The first-order valence-corrected chi connectivity index (χ1v) is 6.34. The third kappa shape index (κ3) is 1.73. The first kappa shape index (κ1) is 12.7. The van der Waals surface area contributed by atoms with Gasteiger partial charge >= 0.3 is 6.09 Å². The van der Waals surface area contributed by atoms with Gasteiger partial charge in [0.25, 0.3) is 0 Å². The second-order valence-electron chi connectivity index (χ2n) is 7.00. The molecule has 0 saturated carbocycles. The molecule has 2 N–H and O–H groups in total. The van der Waals surface area contributed by atoms with Gasteiger partial charge in [-0.05, 0) is 38.0 Å². The van der Waals surface area contributed by atoms with Crippen LogP contribution in [0.2, 0.25) is 0 Å². The van der Waals surface area contributed by atoms with Crippen LogP contribution in [0.3, 0.4) is 0 Å². The molecule has 0 radical (unpaired) electrons. The van der Waals surface area contributed by atoms with Crippen LogP contribution >= 0.6 is 0 Å². The molecule has 1 amide bonds. The van der Waals surface area contributed by atoms with E-state index >= 15 is 0 Å². The molecule has 3 atom stereocenters. The topological polar surface area (TPSA) is 60.8 Å². The van der Waals surface area contributed by atoms with Crippen LogP contribution in [0.5, 0.6) is 0 Å². The Hall–Kier alpha value is -0.770. The van der Waals surface area contributed by atoms with Crippen molar-refractivity contribution in [1.29, 1.82) is 0 Å². The maximum atomic E-state index is 11.5. The number of hydrogen-bond acceptors (Lipinski definition) is 2. The van der Waals surface area contributed by atoms with Gasteiger partial charge in [0.1, 0.15) is 0 Å². The summed E-state index contributed by atoms with van der Waals surface area (Å²) in [5.74, 6) is 0. The Morgan fingerprint density at radius 1 is 1.41 bits per heavy atom. The predicted octanol–water partition coefficient (Wildman–Crippen LogP) is 2.46. The quantitative estimate of drug-likeness (QED) is 0.685. The van der Waals surface area contributed by atoms with Crippen molar-refractivity contribution in [3.8, 4) is 0 Å². The fourth-order valence-corrected chi connectivity index (χ4v) is 3.92. The summed E-state index contributed by atoms with van der Waals surface area (Å²) in [6, 6.07) is -0.0181. The summed E-state index contributed by atoms with van der Waals surface area (Å²) < 4.78 is 0. The molecule has 0 aromatic carbocycles. The van der Waals surface area contributed by atoms with E-state index in [9.17, 15) is 15.0 Å². The van der Waals surface area contributed by atoms with Crippen LogP contribution < -0.4 is 0 Å². The lowest BCUT2D eigenvalue weighted by atomic mass is 9.65. The third-order valence-electron chi connectivity index (χ3n) is 4.67. The van der Waals surface area contributed by atoms with Crippen molar-refractivity contribution in [2.24, 2.45) is 5.41 Å². The average molecular weight is 241 g/mol. The van der Waals surface area contributed by atoms with E-state index in [0.717, 1.165) is 12.8 Å². The summed E-state index contributed by atoms with van der Waals surface area (Å²) in [5, 5.41) is 19.8. The zero-order chi connectivity index (χ0) is 13.1. The maximum absolute atomic E-state index is 11.5. The van der Waals surface area contributed by atoms with Crippen LogP contribution in [0.1, 0.15) is 53.4 Å². The SMILES string of the molecule is CC1(O)C[C@@H]2CC[C@](C(C)(C)C)(C1)N2C(=O)O. The van der Waals surface area contributed by atoms with Crippen molar-refractivity contribution < 1.29 is 15.0 Å². The van der Waals surface area contributed by atoms with Gasteiger partial charge in [-0.2, -0.15) is 0 Å². The van der Waals surface area contributed by atoms with Crippen molar-refractivity contribution in [2.45, 2.75) is 70.6 Å². The van der Waals surface area contributed by atoms with Gasteiger partial charge in [0.15, 0.2) is 0 Å². The van der Waals surface area contributed by atoms with Crippen molar-refractivity contribution in [2.75, 3.05) is 0 Å². The highest BCUT2D eigenvalue weighted by molar-refractivity contribution is 5.68. The van der Waals surface area contributed by atoms with Crippen LogP contribution in [0.4, 0.5) is 4.79 Å². The first-order chi connectivity index (χ1) is 7.59. The molecule has 0 aromatic rings. The van der Waals surface area contributed by atoms with Gasteiger partial charge in [-0.15, -0.1) is 0 Å². The molecule has 17 heavy (non-hydrogen) atoms. The van der Waals surface area contributed by atoms with Crippen LogP contribution in [0.15, 0.2) is 0 Å². The molecular formula is C13H23NO3. The summed E-state index contributed by atoms with van der Waals surface area (Å²) in [5.41, 5.74) is -1.30. The van der Waals surface area contributed by atoms with E-state index in [0.29, 0.717) is 12.8 Å². The molecule has 2 saturated heterocycles. The van der Waals surface area contributed by atoms with Gasteiger partial charge in [-0.1, -0.05) is 20.8 Å². The number of piperidine rings is 1. The molecule has 4 heteroatoms. The lowest BCUT2D eigenvalue weighted by Crippen LogP contribution is -2.64. The second-order valence-corrected chi connectivity index (χ2v) is 7.00. The largest absolute Gasteiger partial charge is 0.465 e. The Morgan fingerprint density at radius 2 is 2.00 bits per heavy atom. The van der Waals surface area contributed by atoms with Gasteiger partial charge in [0, 0.05) is 6.04 Å². The van der Waals surface area contributed by atoms with Crippen LogP contribution in [0.25, 0.3) is 0 Å². The highest BCUT2D eigenvalue weighted by Gasteiger charge is 2.61. The standard InChI is InChI=1S/C13H23NO3/c1-11(2,3)13-6-5-9(14(13)10(15)16)7-12(4,17)8-13/h9,17H,5-8H2,1-4H3,(H,15,16)/t9-,12?,13+/m0/s1. The molecular weight excluding hydrogens is 218 g/mol. The van der Waals surface area contributed by atoms with Crippen LogP contribution in [-0.2, 0) is 0 Å². The number of hydrogen-bond donors (Lipinski definition) is 2. The predicted molar refractivity (Wildman–Crippen MR) is 64.9 cm³/mol. The molecule has 0 aliphatic carbocycles. The third-order valence-corrected chi connectivity index (χ3v) is 4.67. The van der Waals surface area contributed by atoms with Crippen molar-refractivity contribution in [3.05, 3.63) is 0 Å². The highest BCUT2D eigenvalue weighted by Crippen LogP contribution is 2.55. The van der Waals surface area contributed by atoms with Crippen molar-refractivity contribution in [1.82, 2.24) is 4.90 Å². The smallest absolute Gasteiger partial charge is 0.408 e. The van der Waals surface area contributed by atoms with Gasteiger partial charge in [0.2, 0.25) is 0 Å². The van der Waals surface area contributed by atoms with Gasteiger partial charge in [-0.3, -0.25) is 4.90 Å². The molecule has 4 nitrogen and oxygen atoms in total. The minimum Gasteiger partial charge on any atom is -0.465 e. The zero-order valence-corrected chi connectivity index (χ0v) is 11.2. The van der Waals surface area contributed by atoms with E-state index in [1.165, 1.54) is 0 Å². The number of rotatable bonds is 0. The fraction of sp³-hybridized carbons (Fsp3) is 0.923. The number of carbonyl (C=O) groups is 1. The Kier molecular flexibility index (Phi) is 2.52. The van der Waals surface area contributed by atoms with Gasteiger partial charge < -0.3 is 10.2 Å². The lowest BCUT2D eigenvalue weighted by molar-refractivity contribution is -0.102. The first-order valence-electron chi connectivity index (χ1n) is 6.34. The highest BCUT2D eigenvalue weighted by atomic mass is 16.4. The van der Waals surface area contributed by atoms with E-state index in [2.05, 4.69) is 20.8 Å². The summed E-state index contributed by atoms with van der Waals surface area (Å²) >= 11 is 0. The Labute approximate surface area is 103 Å². The number of fused-ring (bicyclic) bond motifs is 2. The van der Waals surface area contributed by atoms with E-state index in [-0.39, 0.29) is 11.5 Å². The zero-order valence-electron chi connectivity index (χ0n) is 11.2. The molecule has 2 aliphatic heterocycles. The molecule has 98 valence electrons. The van der Waals surface area contributed by atoms with Crippen molar-refractivity contribution >= 4 is 6.09 Å². The number of carboxylic acid groups (broad SMARTS) is 1.